The third-order valence-electron chi connectivity index (χ3n) is 3.82. The van der Waals surface area contributed by atoms with Gasteiger partial charge in [-0.05, 0) is 24.3 Å². The van der Waals surface area contributed by atoms with Gasteiger partial charge in [-0.25, -0.2) is 0 Å². The van der Waals surface area contributed by atoms with Crippen molar-refractivity contribution in [1.82, 2.24) is 19.3 Å². The summed E-state index contributed by atoms with van der Waals surface area (Å²) in [5.41, 5.74) is 3.26. The molecule has 0 radical (unpaired) electrons. The molecule has 0 N–H and O–H groups in total. The Morgan fingerprint density at radius 2 is 1.83 bits per heavy atom. The molecule has 1 aromatic carbocycles. The average molecular weight is 302 g/mol. The van der Waals surface area contributed by atoms with Crippen LogP contribution in [0.5, 0.6) is 0 Å². The van der Waals surface area contributed by atoms with Crippen LogP contribution < -0.4 is 5.56 Å². The second-order valence-electron chi connectivity index (χ2n) is 5.36. The van der Waals surface area contributed by atoms with E-state index in [2.05, 4.69) is 10.1 Å². The van der Waals surface area contributed by atoms with E-state index < -0.39 is 0 Å². The van der Waals surface area contributed by atoms with Crippen molar-refractivity contribution in [2.45, 2.75) is 0 Å². The third kappa shape index (κ3) is 2.23. The lowest BCUT2D eigenvalue weighted by molar-refractivity contribution is 0.768. The van der Waals surface area contributed by atoms with Crippen molar-refractivity contribution in [3.63, 3.8) is 0 Å². The van der Waals surface area contributed by atoms with Gasteiger partial charge in [0.15, 0.2) is 0 Å². The smallest absolute Gasteiger partial charge is 0.264 e. The summed E-state index contributed by atoms with van der Waals surface area (Å²) in [6.07, 6.45) is 7.24. The first kappa shape index (κ1) is 13.5. The Morgan fingerprint density at radius 1 is 1.00 bits per heavy atom. The van der Waals surface area contributed by atoms with Crippen LogP contribution in [0.3, 0.4) is 0 Å². The van der Waals surface area contributed by atoms with E-state index in [1.807, 2.05) is 55.8 Å². The minimum atomic E-state index is -0.0769. The molecule has 0 unspecified atom stereocenters. The highest BCUT2D eigenvalue weighted by Crippen LogP contribution is 2.25. The first-order valence-electron chi connectivity index (χ1n) is 7.29. The molecule has 0 spiro atoms. The molecular formula is C18H14N4O. The molecule has 0 atom stereocenters. The first-order valence-corrected chi connectivity index (χ1v) is 7.29. The predicted octanol–water partition coefficient (Wildman–Crippen LogP) is 2.79. The summed E-state index contributed by atoms with van der Waals surface area (Å²) < 4.78 is 3.40. The number of fused-ring (bicyclic) bond motifs is 1. The van der Waals surface area contributed by atoms with Crippen molar-refractivity contribution in [3.05, 3.63) is 77.6 Å². The highest BCUT2D eigenvalue weighted by Gasteiger charge is 2.13. The molecule has 5 nitrogen and oxygen atoms in total. The Labute approximate surface area is 132 Å². The van der Waals surface area contributed by atoms with E-state index in [4.69, 9.17) is 0 Å². The minimum absolute atomic E-state index is 0.0769. The fourth-order valence-electron chi connectivity index (χ4n) is 2.72. The van der Waals surface area contributed by atoms with Crippen LogP contribution in [0.2, 0.25) is 0 Å². The maximum atomic E-state index is 12.8. The Balaban J connectivity index is 2.10. The van der Waals surface area contributed by atoms with Crippen LogP contribution in [0.1, 0.15) is 0 Å². The molecule has 3 aromatic heterocycles. The van der Waals surface area contributed by atoms with E-state index in [-0.39, 0.29) is 5.56 Å². The van der Waals surface area contributed by atoms with Gasteiger partial charge in [-0.15, -0.1) is 0 Å². The van der Waals surface area contributed by atoms with Crippen molar-refractivity contribution in [3.8, 4) is 16.8 Å². The second kappa shape index (κ2) is 5.21. The molecule has 4 aromatic rings. The molecule has 112 valence electrons. The molecular weight excluding hydrogens is 288 g/mol. The normalized spacial score (nSPS) is 11.0. The molecule has 23 heavy (non-hydrogen) atoms. The van der Waals surface area contributed by atoms with E-state index in [9.17, 15) is 4.79 Å². The lowest BCUT2D eigenvalue weighted by Crippen LogP contribution is -2.18. The summed E-state index contributed by atoms with van der Waals surface area (Å²) in [6.45, 7) is 0. The molecule has 0 amide bonds. The molecule has 5 heteroatoms. The van der Waals surface area contributed by atoms with Crippen molar-refractivity contribution in [2.24, 2.45) is 7.05 Å². The molecule has 0 fully saturated rings. The van der Waals surface area contributed by atoms with Gasteiger partial charge in [0.1, 0.15) is 0 Å². The molecule has 0 aliphatic heterocycles. The van der Waals surface area contributed by atoms with Gasteiger partial charge < -0.3 is 0 Å². The van der Waals surface area contributed by atoms with E-state index in [1.54, 1.807) is 27.7 Å². The van der Waals surface area contributed by atoms with Gasteiger partial charge in [0.25, 0.3) is 5.56 Å². The number of hydrogen-bond acceptors (Lipinski definition) is 3. The van der Waals surface area contributed by atoms with Crippen LogP contribution in [0.15, 0.2) is 72.0 Å². The second-order valence-corrected chi connectivity index (χ2v) is 5.36. The van der Waals surface area contributed by atoms with Gasteiger partial charge in [-0.1, -0.05) is 18.2 Å². The summed E-state index contributed by atoms with van der Waals surface area (Å²) in [5.74, 6) is 0. The Bertz CT molecular complexity index is 1050. The number of aryl methyl sites for hydroxylation is 1. The lowest BCUT2D eigenvalue weighted by atomic mass is 10.1. The van der Waals surface area contributed by atoms with Crippen LogP contribution in [-0.4, -0.2) is 19.3 Å². The highest BCUT2D eigenvalue weighted by atomic mass is 16.1. The maximum absolute atomic E-state index is 12.8. The van der Waals surface area contributed by atoms with Crippen molar-refractivity contribution >= 4 is 10.9 Å². The van der Waals surface area contributed by atoms with Crippen LogP contribution in [0.4, 0.5) is 0 Å². The fourth-order valence-corrected chi connectivity index (χ4v) is 2.72. The summed E-state index contributed by atoms with van der Waals surface area (Å²) in [6, 6.07) is 13.2. The number of para-hydroxylation sites is 1. The number of aromatic nitrogens is 4. The third-order valence-corrected chi connectivity index (χ3v) is 3.82. The molecule has 4 rings (SSSR count). The quantitative estimate of drug-likeness (QED) is 0.572. The standard InChI is InChI=1S/C18H14N4O/c1-21-11-13(10-20-21)16-12-22(14-6-3-2-4-7-14)18(23)15-8-5-9-19-17(15)16/h2-12H,1H3. The van der Waals surface area contributed by atoms with Gasteiger partial charge >= 0.3 is 0 Å². The number of hydrogen-bond donors (Lipinski definition) is 0. The number of rotatable bonds is 2. The Kier molecular flexibility index (Phi) is 3.05. The largest absolute Gasteiger partial charge is 0.283 e. The van der Waals surface area contributed by atoms with Crippen LogP contribution in [0, 0.1) is 0 Å². The van der Waals surface area contributed by atoms with E-state index >= 15 is 0 Å². The summed E-state index contributed by atoms with van der Waals surface area (Å²) >= 11 is 0. The van der Waals surface area contributed by atoms with Gasteiger partial charge in [-0.2, -0.15) is 5.10 Å². The molecule has 0 saturated carbocycles. The zero-order valence-corrected chi connectivity index (χ0v) is 12.5. The first-order chi connectivity index (χ1) is 11.2. The number of benzene rings is 1. The SMILES string of the molecule is Cn1cc(-c2cn(-c3ccccc3)c(=O)c3cccnc23)cn1. The van der Waals surface area contributed by atoms with Crippen molar-refractivity contribution in [1.29, 1.82) is 0 Å². The fraction of sp³-hybridized carbons (Fsp3) is 0.0556. The van der Waals surface area contributed by atoms with Crippen LogP contribution in [-0.2, 0) is 7.05 Å². The summed E-state index contributed by atoms with van der Waals surface area (Å²) in [4.78, 5) is 17.2. The van der Waals surface area contributed by atoms with E-state index in [0.717, 1.165) is 16.8 Å². The molecule has 3 heterocycles. The summed E-state index contributed by atoms with van der Waals surface area (Å²) in [7, 11) is 1.87. The van der Waals surface area contributed by atoms with Crippen LogP contribution >= 0.6 is 0 Å². The Hall–Kier alpha value is -3.21. The van der Waals surface area contributed by atoms with Gasteiger partial charge in [0, 0.05) is 42.5 Å². The molecule has 0 bridgehead atoms. The zero-order valence-electron chi connectivity index (χ0n) is 12.5. The summed E-state index contributed by atoms with van der Waals surface area (Å²) in [5, 5.41) is 4.82. The van der Waals surface area contributed by atoms with Gasteiger partial charge in [0.05, 0.1) is 17.1 Å². The molecule has 0 saturated heterocycles. The number of pyridine rings is 2. The van der Waals surface area contributed by atoms with E-state index in [1.165, 1.54) is 0 Å². The monoisotopic (exact) mass is 302 g/mol. The minimum Gasteiger partial charge on any atom is -0.283 e. The molecule has 0 aliphatic carbocycles. The molecule has 0 aliphatic rings. The van der Waals surface area contributed by atoms with E-state index in [0.29, 0.717) is 10.9 Å². The maximum Gasteiger partial charge on any atom is 0.264 e. The van der Waals surface area contributed by atoms with Gasteiger partial charge in [-0.3, -0.25) is 19.0 Å². The van der Waals surface area contributed by atoms with Crippen molar-refractivity contribution < 1.29 is 0 Å². The van der Waals surface area contributed by atoms with Crippen LogP contribution in [0.25, 0.3) is 27.7 Å². The number of nitrogens with zero attached hydrogens (tertiary/aromatic N) is 4. The zero-order chi connectivity index (χ0) is 15.8. The lowest BCUT2D eigenvalue weighted by Gasteiger charge is -2.10. The predicted molar refractivity (Wildman–Crippen MR) is 89.5 cm³/mol. The van der Waals surface area contributed by atoms with Crippen molar-refractivity contribution in [2.75, 3.05) is 0 Å². The average Bonchev–Trinajstić information content (AvgIpc) is 3.02. The Morgan fingerprint density at radius 3 is 2.57 bits per heavy atom. The topological polar surface area (TPSA) is 52.7 Å². The van der Waals surface area contributed by atoms with Gasteiger partial charge in [0.2, 0.25) is 0 Å². The highest BCUT2D eigenvalue weighted by molar-refractivity contribution is 5.92.